The van der Waals surface area contributed by atoms with E-state index in [4.69, 9.17) is 9.47 Å². The van der Waals surface area contributed by atoms with Crippen LogP contribution in [0, 0.1) is 22.6 Å². The fourth-order valence-corrected chi connectivity index (χ4v) is 2.00. The SMILES string of the molecule is O=C(OCCC#[N+][O-])C1=C(C(=O)OCCC#[N+][O-])CCCC1. The van der Waals surface area contributed by atoms with Gasteiger partial charge in [-0.3, -0.25) is 0 Å². The first kappa shape index (κ1) is 17.3. The maximum Gasteiger partial charge on any atom is 0.334 e. The number of hydrogen-bond donors (Lipinski definition) is 0. The van der Waals surface area contributed by atoms with E-state index in [1.54, 1.807) is 0 Å². The molecule has 1 aliphatic carbocycles. The smallest absolute Gasteiger partial charge is 0.334 e. The summed E-state index contributed by atoms with van der Waals surface area (Å²) in [5, 5.41) is 24.5. The van der Waals surface area contributed by atoms with Crippen LogP contribution in [0.25, 0.3) is 10.0 Å². The Labute approximate surface area is 127 Å². The summed E-state index contributed by atoms with van der Waals surface area (Å²) < 4.78 is 9.94. The van der Waals surface area contributed by atoms with Crippen molar-refractivity contribution in [3.63, 3.8) is 0 Å². The molecule has 0 aromatic heterocycles. The summed E-state index contributed by atoms with van der Waals surface area (Å²) >= 11 is 0. The van der Waals surface area contributed by atoms with E-state index in [9.17, 15) is 20.0 Å². The summed E-state index contributed by atoms with van der Waals surface area (Å²) in [4.78, 5) is 23.9. The van der Waals surface area contributed by atoms with Crippen LogP contribution in [0.5, 0.6) is 0 Å². The van der Waals surface area contributed by atoms with E-state index in [1.165, 1.54) is 0 Å². The molecule has 0 aliphatic heterocycles. The largest absolute Gasteiger partial charge is 0.498 e. The van der Waals surface area contributed by atoms with Gasteiger partial charge in [-0.25, -0.2) is 9.59 Å². The van der Waals surface area contributed by atoms with Gasteiger partial charge in [0.15, 0.2) is 0 Å². The van der Waals surface area contributed by atoms with Gasteiger partial charge in [0.25, 0.3) is 0 Å². The lowest BCUT2D eigenvalue weighted by molar-refractivity contribution is -0.142. The van der Waals surface area contributed by atoms with Crippen molar-refractivity contribution < 1.29 is 19.1 Å². The number of esters is 2. The number of nitrogens with zero attached hydrogens (tertiary/aromatic N) is 2. The Kier molecular flexibility index (Phi) is 7.91. The van der Waals surface area contributed by atoms with Gasteiger partial charge in [-0.1, -0.05) is 0 Å². The highest BCUT2D eigenvalue weighted by atomic mass is 16.5. The lowest BCUT2D eigenvalue weighted by Gasteiger charge is -2.17. The molecule has 0 saturated carbocycles. The molecule has 0 aromatic rings. The van der Waals surface area contributed by atoms with Crippen molar-refractivity contribution in [3.8, 4) is 12.1 Å². The minimum Gasteiger partial charge on any atom is -0.498 e. The summed E-state index contributed by atoms with van der Waals surface area (Å²) in [6, 6.07) is 4.25. The van der Waals surface area contributed by atoms with E-state index >= 15 is 0 Å². The molecule has 0 aromatic carbocycles. The molecule has 1 rings (SSSR count). The molecule has 22 heavy (non-hydrogen) atoms. The predicted octanol–water partition coefficient (Wildman–Crippen LogP) is 2.39. The number of carbonyl (C=O) groups is 2. The Bertz CT molecular complexity index is 511. The highest BCUT2D eigenvalue weighted by Crippen LogP contribution is 2.26. The first-order valence-corrected chi connectivity index (χ1v) is 6.87. The summed E-state index contributed by atoms with van der Waals surface area (Å²) in [6.07, 6.45) is 2.66. The third-order valence-electron chi connectivity index (χ3n) is 2.98. The van der Waals surface area contributed by atoms with Crippen molar-refractivity contribution in [2.45, 2.75) is 38.5 Å². The lowest BCUT2D eigenvalue weighted by atomic mass is 9.92. The van der Waals surface area contributed by atoms with Gasteiger partial charge in [0.2, 0.25) is 0 Å². The van der Waals surface area contributed by atoms with Crippen LogP contribution in [-0.4, -0.2) is 25.2 Å². The van der Waals surface area contributed by atoms with Crippen LogP contribution >= 0.6 is 0 Å². The Morgan fingerprint density at radius 3 is 1.68 bits per heavy atom. The van der Waals surface area contributed by atoms with E-state index < -0.39 is 11.9 Å². The Morgan fingerprint density at radius 2 is 1.32 bits per heavy atom. The second-order valence-electron chi connectivity index (χ2n) is 4.43. The average molecular weight is 308 g/mol. The van der Waals surface area contributed by atoms with E-state index in [0.29, 0.717) is 24.0 Å². The summed E-state index contributed by atoms with van der Waals surface area (Å²) in [7, 11) is 0. The second kappa shape index (κ2) is 10.1. The monoisotopic (exact) mass is 308 g/mol. The average Bonchev–Trinajstić information content (AvgIpc) is 2.55. The van der Waals surface area contributed by atoms with Crippen LogP contribution in [0.4, 0.5) is 0 Å². The van der Waals surface area contributed by atoms with Gasteiger partial charge in [-0.05, 0) is 25.7 Å². The van der Waals surface area contributed by atoms with Crippen LogP contribution < -0.4 is 0 Å². The third-order valence-corrected chi connectivity index (χ3v) is 2.98. The molecule has 0 unspecified atom stereocenters. The first-order valence-electron chi connectivity index (χ1n) is 6.87. The van der Waals surface area contributed by atoms with Gasteiger partial charge in [-0.15, -0.1) is 0 Å². The summed E-state index contributed by atoms with van der Waals surface area (Å²) in [5.74, 6) is -1.18. The topological polar surface area (TPSA) is 107 Å². The van der Waals surface area contributed by atoms with Crippen molar-refractivity contribution in [3.05, 3.63) is 31.6 Å². The zero-order valence-electron chi connectivity index (χ0n) is 12.0. The Balaban J connectivity index is 2.64. The second-order valence-corrected chi connectivity index (χ2v) is 4.43. The van der Waals surface area contributed by atoms with Crippen LogP contribution in [0.3, 0.4) is 0 Å². The van der Waals surface area contributed by atoms with Crippen LogP contribution in [-0.2, 0) is 19.1 Å². The zero-order chi connectivity index (χ0) is 16.2. The van der Waals surface area contributed by atoms with Crippen molar-refractivity contribution in [1.29, 1.82) is 0 Å². The number of carbonyl (C=O) groups excluding carboxylic acids is 2. The van der Waals surface area contributed by atoms with Crippen molar-refractivity contribution in [2.75, 3.05) is 13.2 Å². The molecule has 0 fully saturated rings. The Hall–Kier alpha value is -2.74. The number of ether oxygens (including phenoxy) is 2. The van der Waals surface area contributed by atoms with E-state index in [1.807, 2.05) is 0 Å². The van der Waals surface area contributed by atoms with Crippen LogP contribution in [0.1, 0.15) is 38.5 Å². The summed E-state index contributed by atoms with van der Waals surface area (Å²) in [5.41, 5.74) is 0.605. The number of hydrogen-bond acceptors (Lipinski definition) is 6. The maximum absolute atomic E-state index is 12.0. The molecule has 0 N–H and O–H groups in total. The standard InChI is InChI=1S/C14H16N2O6/c17-13(21-9-3-7-15-19)11-5-1-2-6-12(11)14(18)22-10-4-8-16-20/h1-6,9-10H2. The van der Waals surface area contributed by atoms with E-state index in [2.05, 4.69) is 22.2 Å². The minimum absolute atomic E-state index is 0.0225. The van der Waals surface area contributed by atoms with Crippen molar-refractivity contribution in [1.82, 2.24) is 0 Å². The highest BCUT2D eigenvalue weighted by molar-refractivity contribution is 6.00. The molecular formula is C14H16N2O6. The van der Waals surface area contributed by atoms with Crippen molar-refractivity contribution in [2.24, 2.45) is 0 Å². The molecular weight excluding hydrogens is 292 g/mol. The molecule has 0 spiro atoms. The third kappa shape index (κ3) is 5.71. The fraction of sp³-hybridized carbons (Fsp3) is 0.571. The lowest BCUT2D eigenvalue weighted by Crippen LogP contribution is -2.20. The minimum atomic E-state index is -0.591. The predicted molar refractivity (Wildman–Crippen MR) is 77.9 cm³/mol. The molecule has 0 radical (unpaired) electrons. The normalized spacial score (nSPS) is 13.3. The zero-order valence-corrected chi connectivity index (χ0v) is 12.0. The van der Waals surface area contributed by atoms with E-state index in [0.717, 1.165) is 12.8 Å². The van der Waals surface area contributed by atoms with Gasteiger partial charge >= 0.3 is 24.1 Å². The van der Waals surface area contributed by atoms with Gasteiger partial charge < -0.3 is 19.9 Å². The molecule has 0 saturated heterocycles. The van der Waals surface area contributed by atoms with Crippen molar-refractivity contribution >= 4 is 11.9 Å². The highest BCUT2D eigenvalue weighted by Gasteiger charge is 2.25. The molecule has 0 heterocycles. The maximum atomic E-state index is 12.0. The molecule has 8 heteroatoms. The first-order chi connectivity index (χ1) is 10.7. The Morgan fingerprint density at radius 1 is 0.909 bits per heavy atom. The molecule has 8 nitrogen and oxygen atoms in total. The van der Waals surface area contributed by atoms with Gasteiger partial charge in [-0.2, -0.15) is 0 Å². The van der Waals surface area contributed by atoms with Gasteiger partial charge in [0, 0.05) is 21.2 Å². The van der Waals surface area contributed by atoms with Gasteiger partial charge in [0.05, 0.1) is 0 Å². The molecule has 1 aliphatic rings. The van der Waals surface area contributed by atoms with E-state index in [-0.39, 0.29) is 26.1 Å². The molecule has 0 amide bonds. The van der Waals surface area contributed by atoms with Crippen LogP contribution in [0.15, 0.2) is 11.1 Å². The molecule has 118 valence electrons. The fourth-order valence-electron chi connectivity index (χ4n) is 2.00. The summed E-state index contributed by atoms with van der Waals surface area (Å²) in [6.45, 7) is -0.0450. The quantitative estimate of drug-likeness (QED) is 0.423. The number of rotatable bonds is 6. The van der Waals surface area contributed by atoms with Gasteiger partial charge in [0.1, 0.15) is 26.1 Å². The van der Waals surface area contributed by atoms with Crippen LogP contribution in [0.2, 0.25) is 0 Å². The molecule has 0 atom stereocenters. The molecule has 0 bridgehead atoms.